The van der Waals surface area contributed by atoms with E-state index in [1.165, 1.54) is 5.56 Å². The molecule has 19 heavy (non-hydrogen) atoms. The second-order valence-electron chi connectivity index (χ2n) is 4.64. The Morgan fingerprint density at radius 3 is 3.11 bits per heavy atom. The SMILES string of the molecule is Cn1nc(CC(=O)O)cc1-c1ccc2c(c1)CCO2. The summed E-state index contributed by atoms with van der Waals surface area (Å²) in [5.41, 5.74) is 3.72. The van der Waals surface area contributed by atoms with Crippen molar-refractivity contribution in [3.8, 4) is 17.0 Å². The van der Waals surface area contributed by atoms with Crippen LogP contribution in [0.25, 0.3) is 11.3 Å². The molecule has 0 fully saturated rings. The predicted molar refractivity (Wildman–Crippen MR) is 69.2 cm³/mol. The lowest BCUT2D eigenvalue weighted by Crippen LogP contribution is -2.01. The number of hydrogen-bond acceptors (Lipinski definition) is 3. The number of fused-ring (bicyclic) bond motifs is 1. The van der Waals surface area contributed by atoms with E-state index in [0.717, 1.165) is 30.0 Å². The van der Waals surface area contributed by atoms with Crippen molar-refractivity contribution in [3.05, 3.63) is 35.5 Å². The Kier molecular flexibility index (Phi) is 2.74. The molecule has 1 aliphatic rings. The van der Waals surface area contributed by atoms with E-state index >= 15 is 0 Å². The lowest BCUT2D eigenvalue weighted by atomic mass is 10.1. The number of carboxylic acid groups (broad SMARTS) is 1. The normalized spacial score (nSPS) is 13.1. The molecule has 1 aliphatic heterocycles. The molecule has 3 rings (SSSR count). The van der Waals surface area contributed by atoms with Crippen LogP contribution in [0.5, 0.6) is 5.75 Å². The van der Waals surface area contributed by atoms with Crippen LogP contribution in [0.1, 0.15) is 11.3 Å². The van der Waals surface area contributed by atoms with Crippen molar-refractivity contribution in [1.82, 2.24) is 9.78 Å². The van der Waals surface area contributed by atoms with Crippen LogP contribution >= 0.6 is 0 Å². The number of nitrogens with zero attached hydrogens (tertiary/aromatic N) is 2. The number of aryl methyl sites for hydroxylation is 1. The molecule has 0 bridgehead atoms. The quantitative estimate of drug-likeness (QED) is 0.909. The highest BCUT2D eigenvalue weighted by Gasteiger charge is 2.15. The van der Waals surface area contributed by atoms with Crippen LogP contribution in [0.4, 0.5) is 0 Å². The van der Waals surface area contributed by atoms with Crippen LogP contribution in [0, 0.1) is 0 Å². The fraction of sp³-hybridized carbons (Fsp3) is 0.286. The van der Waals surface area contributed by atoms with Gasteiger partial charge in [-0.2, -0.15) is 5.10 Å². The van der Waals surface area contributed by atoms with Gasteiger partial charge in [0.15, 0.2) is 0 Å². The maximum absolute atomic E-state index is 10.7. The van der Waals surface area contributed by atoms with E-state index in [2.05, 4.69) is 11.2 Å². The Bertz CT molecular complexity index is 646. The van der Waals surface area contributed by atoms with Crippen LogP contribution in [0.15, 0.2) is 24.3 Å². The predicted octanol–water partition coefficient (Wildman–Crippen LogP) is 1.65. The van der Waals surface area contributed by atoms with Crippen molar-refractivity contribution in [2.75, 3.05) is 6.61 Å². The van der Waals surface area contributed by atoms with E-state index < -0.39 is 5.97 Å². The minimum atomic E-state index is -0.869. The number of ether oxygens (including phenoxy) is 1. The second kappa shape index (κ2) is 4.42. The number of benzene rings is 1. The number of aromatic nitrogens is 2. The van der Waals surface area contributed by atoms with Gasteiger partial charge in [0.05, 0.1) is 24.4 Å². The molecule has 0 atom stereocenters. The average molecular weight is 258 g/mol. The summed E-state index contributed by atoms with van der Waals surface area (Å²) in [5.74, 6) is 0.0729. The summed E-state index contributed by atoms with van der Waals surface area (Å²) < 4.78 is 7.20. The monoisotopic (exact) mass is 258 g/mol. The van der Waals surface area contributed by atoms with Gasteiger partial charge in [0.25, 0.3) is 0 Å². The van der Waals surface area contributed by atoms with Gasteiger partial charge in [-0.25, -0.2) is 0 Å². The van der Waals surface area contributed by atoms with Crippen LogP contribution < -0.4 is 4.74 Å². The fourth-order valence-electron chi connectivity index (χ4n) is 2.38. The summed E-state index contributed by atoms with van der Waals surface area (Å²) >= 11 is 0. The van der Waals surface area contributed by atoms with Gasteiger partial charge in [0, 0.05) is 19.0 Å². The van der Waals surface area contributed by atoms with Crippen molar-refractivity contribution in [1.29, 1.82) is 0 Å². The maximum Gasteiger partial charge on any atom is 0.309 e. The number of hydrogen-bond donors (Lipinski definition) is 1. The zero-order chi connectivity index (χ0) is 13.4. The second-order valence-corrected chi connectivity index (χ2v) is 4.64. The molecule has 1 N–H and O–H groups in total. The lowest BCUT2D eigenvalue weighted by molar-refractivity contribution is -0.136. The zero-order valence-corrected chi connectivity index (χ0v) is 10.6. The van der Waals surface area contributed by atoms with Crippen molar-refractivity contribution >= 4 is 5.97 Å². The van der Waals surface area contributed by atoms with Gasteiger partial charge in [-0.1, -0.05) is 0 Å². The molecule has 0 aliphatic carbocycles. The molecule has 0 saturated carbocycles. The first kappa shape index (κ1) is 11.8. The molecular formula is C14H14N2O3. The molecule has 0 spiro atoms. The van der Waals surface area contributed by atoms with Gasteiger partial charge in [0.1, 0.15) is 5.75 Å². The van der Waals surface area contributed by atoms with Crippen LogP contribution in [-0.4, -0.2) is 27.5 Å². The molecule has 5 nitrogen and oxygen atoms in total. The summed E-state index contributed by atoms with van der Waals surface area (Å²) in [5, 5.41) is 13.0. The van der Waals surface area contributed by atoms with Crippen molar-refractivity contribution in [2.45, 2.75) is 12.8 Å². The molecule has 1 aromatic heterocycles. The minimum Gasteiger partial charge on any atom is -0.493 e. The zero-order valence-electron chi connectivity index (χ0n) is 10.6. The first-order chi connectivity index (χ1) is 9.13. The molecule has 0 unspecified atom stereocenters. The van der Waals surface area contributed by atoms with E-state index in [1.54, 1.807) is 4.68 Å². The number of rotatable bonds is 3. The first-order valence-electron chi connectivity index (χ1n) is 6.14. The number of aliphatic carboxylic acids is 1. The minimum absolute atomic E-state index is 0.0537. The van der Waals surface area contributed by atoms with Crippen LogP contribution in [-0.2, 0) is 24.7 Å². The molecule has 2 heterocycles. The van der Waals surface area contributed by atoms with Crippen molar-refractivity contribution in [2.24, 2.45) is 7.05 Å². The topological polar surface area (TPSA) is 64.4 Å². The first-order valence-corrected chi connectivity index (χ1v) is 6.14. The summed E-state index contributed by atoms with van der Waals surface area (Å²) in [6.45, 7) is 0.731. The van der Waals surface area contributed by atoms with Crippen LogP contribution in [0.3, 0.4) is 0 Å². The Morgan fingerprint density at radius 1 is 1.47 bits per heavy atom. The van der Waals surface area contributed by atoms with Crippen molar-refractivity contribution < 1.29 is 14.6 Å². The van der Waals surface area contributed by atoms with E-state index in [-0.39, 0.29) is 6.42 Å². The molecule has 1 aromatic carbocycles. The third-order valence-electron chi connectivity index (χ3n) is 3.25. The molecule has 0 amide bonds. The highest BCUT2D eigenvalue weighted by Crippen LogP contribution is 2.30. The molecular weight excluding hydrogens is 244 g/mol. The van der Waals surface area contributed by atoms with Gasteiger partial charge < -0.3 is 9.84 Å². The third kappa shape index (κ3) is 2.19. The summed E-state index contributed by atoms with van der Waals surface area (Å²) in [6, 6.07) is 7.85. The summed E-state index contributed by atoms with van der Waals surface area (Å²) in [4.78, 5) is 10.7. The molecule has 5 heteroatoms. The largest absolute Gasteiger partial charge is 0.493 e. The standard InChI is InChI=1S/C14H14N2O3/c1-16-12(7-11(15-16)8-14(17)18)9-2-3-13-10(6-9)4-5-19-13/h2-3,6-7H,4-5,8H2,1H3,(H,17,18). The van der Waals surface area contributed by atoms with Crippen molar-refractivity contribution in [3.63, 3.8) is 0 Å². The maximum atomic E-state index is 10.7. The number of carbonyl (C=O) groups is 1. The molecule has 0 radical (unpaired) electrons. The Balaban J connectivity index is 1.97. The number of carboxylic acids is 1. The Hall–Kier alpha value is -2.30. The Morgan fingerprint density at radius 2 is 2.32 bits per heavy atom. The summed E-state index contributed by atoms with van der Waals surface area (Å²) in [6.07, 6.45) is 0.866. The van der Waals surface area contributed by atoms with E-state index in [0.29, 0.717) is 5.69 Å². The molecule has 0 saturated heterocycles. The lowest BCUT2D eigenvalue weighted by Gasteiger charge is -2.04. The van der Waals surface area contributed by atoms with Gasteiger partial charge in [0.2, 0.25) is 0 Å². The van der Waals surface area contributed by atoms with E-state index in [4.69, 9.17) is 9.84 Å². The smallest absolute Gasteiger partial charge is 0.309 e. The third-order valence-corrected chi connectivity index (χ3v) is 3.25. The highest BCUT2D eigenvalue weighted by molar-refractivity contribution is 5.71. The van der Waals surface area contributed by atoms with Gasteiger partial charge in [-0.15, -0.1) is 0 Å². The van der Waals surface area contributed by atoms with E-state index in [1.807, 2.05) is 25.2 Å². The summed E-state index contributed by atoms with van der Waals surface area (Å²) in [7, 11) is 1.82. The van der Waals surface area contributed by atoms with Gasteiger partial charge in [-0.05, 0) is 29.8 Å². The Labute approximate surface area is 110 Å². The van der Waals surface area contributed by atoms with E-state index in [9.17, 15) is 4.79 Å². The molecule has 98 valence electrons. The van der Waals surface area contributed by atoms with Gasteiger partial charge in [-0.3, -0.25) is 9.48 Å². The fourth-order valence-corrected chi connectivity index (χ4v) is 2.38. The average Bonchev–Trinajstić information content (AvgIpc) is 2.93. The van der Waals surface area contributed by atoms with Gasteiger partial charge >= 0.3 is 5.97 Å². The van der Waals surface area contributed by atoms with Crippen LogP contribution in [0.2, 0.25) is 0 Å². The molecule has 2 aromatic rings. The highest BCUT2D eigenvalue weighted by atomic mass is 16.5.